The van der Waals surface area contributed by atoms with E-state index < -0.39 is 0 Å². The van der Waals surface area contributed by atoms with Crippen molar-refractivity contribution in [3.8, 4) is 5.75 Å². The van der Waals surface area contributed by atoms with Crippen molar-refractivity contribution in [2.45, 2.75) is 38.5 Å². The first-order valence-electron chi connectivity index (χ1n) is 8.85. The molecule has 0 unspecified atom stereocenters. The van der Waals surface area contributed by atoms with Crippen LogP contribution in [0.1, 0.15) is 29.7 Å². The van der Waals surface area contributed by atoms with Crippen LogP contribution in [0.5, 0.6) is 5.75 Å². The quantitative estimate of drug-likeness (QED) is 0.817. The summed E-state index contributed by atoms with van der Waals surface area (Å²) in [6, 6.07) is 12.7. The highest BCUT2D eigenvalue weighted by Gasteiger charge is 2.20. The third-order valence-corrected chi connectivity index (χ3v) is 4.76. The van der Waals surface area contributed by atoms with Gasteiger partial charge in [-0.25, -0.2) is 0 Å². The maximum atomic E-state index is 5.85. The van der Waals surface area contributed by atoms with Gasteiger partial charge in [-0.15, -0.1) is 0 Å². The highest BCUT2D eigenvalue weighted by atomic mass is 16.5. The summed E-state index contributed by atoms with van der Waals surface area (Å²) in [5, 5.41) is 0. The highest BCUT2D eigenvalue weighted by molar-refractivity contribution is 5.39. The number of benzene rings is 1. The van der Waals surface area contributed by atoms with Crippen molar-refractivity contribution in [1.29, 1.82) is 0 Å². The molecule has 0 aliphatic carbocycles. The minimum absolute atomic E-state index is 0.353. The van der Waals surface area contributed by atoms with Gasteiger partial charge < -0.3 is 9.47 Å². The average Bonchev–Trinajstić information content (AvgIpc) is 3.27. The number of rotatable bonds is 6. The van der Waals surface area contributed by atoms with Crippen LogP contribution in [0.4, 0.5) is 0 Å². The number of fused-ring (bicyclic) bond motifs is 1. The van der Waals surface area contributed by atoms with E-state index in [1.807, 2.05) is 12.3 Å². The van der Waals surface area contributed by atoms with Crippen LogP contribution in [0, 0.1) is 0 Å². The summed E-state index contributed by atoms with van der Waals surface area (Å²) in [4.78, 5) is 6.94. The van der Waals surface area contributed by atoms with Crippen molar-refractivity contribution < 1.29 is 9.47 Å². The summed E-state index contributed by atoms with van der Waals surface area (Å²) in [6.07, 6.45) is 5.59. The lowest BCUT2D eigenvalue weighted by molar-refractivity contribution is 0.0675. The van der Waals surface area contributed by atoms with Crippen LogP contribution in [0.3, 0.4) is 0 Å². The molecule has 0 spiro atoms. The fourth-order valence-electron chi connectivity index (χ4n) is 3.58. The molecule has 4 heteroatoms. The third-order valence-electron chi connectivity index (χ3n) is 4.76. The Morgan fingerprint density at radius 3 is 2.96 bits per heavy atom. The fourth-order valence-corrected chi connectivity index (χ4v) is 3.58. The molecule has 1 aromatic carbocycles. The van der Waals surface area contributed by atoms with Gasteiger partial charge >= 0.3 is 0 Å². The van der Waals surface area contributed by atoms with Crippen LogP contribution in [0.15, 0.2) is 42.6 Å². The lowest BCUT2D eigenvalue weighted by atomic mass is 10.1. The van der Waals surface area contributed by atoms with Crippen molar-refractivity contribution in [1.82, 2.24) is 9.88 Å². The molecule has 4 rings (SSSR count). The maximum absolute atomic E-state index is 5.85. The van der Waals surface area contributed by atoms with E-state index in [0.29, 0.717) is 6.10 Å². The monoisotopic (exact) mass is 324 g/mol. The number of ether oxygens (including phenoxy) is 2. The molecule has 1 fully saturated rings. The van der Waals surface area contributed by atoms with E-state index in [1.165, 1.54) is 17.5 Å². The van der Waals surface area contributed by atoms with Crippen molar-refractivity contribution in [3.63, 3.8) is 0 Å². The van der Waals surface area contributed by atoms with Gasteiger partial charge in [0.05, 0.1) is 18.4 Å². The first kappa shape index (κ1) is 15.6. The molecule has 4 nitrogen and oxygen atoms in total. The van der Waals surface area contributed by atoms with E-state index in [2.05, 4.69) is 40.2 Å². The van der Waals surface area contributed by atoms with Crippen molar-refractivity contribution in [2.24, 2.45) is 0 Å². The molecule has 2 aliphatic rings. The SMILES string of the molecule is c1ccc(CN(Cc2ccc3c(c2)CCO3)C[C@H]2CCCO2)nc1. The Bertz CT molecular complexity index is 669. The molecule has 0 bridgehead atoms. The van der Waals surface area contributed by atoms with Crippen LogP contribution in [-0.2, 0) is 24.2 Å². The van der Waals surface area contributed by atoms with Gasteiger partial charge in [0.25, 0.3) is 0 Å². The van der Waals surface area contributed by atoms with E-state index in [0.717, 1.165) is 57.1 Å². The summed E-state index contributed by atoms with van der Waals surface area (Å²) >= 11 is 0. The van der Waals surface area contributed by atoms with Crippen molar-refractivity contribution in [3.05, 3.63) is 59.4 Å². The molecule has 24 heavy (non-hydrogen) atoms. The largest absolute Gasteiger partial charge is 0.493 e. The Morgan fingerprint density at radius 1 is 1.12 bits per heavy atom. The summed E-state index contributed by atoms with van der Waals surface area (Å²) in [6.45, 7) is 4.45. The second-order valence-electron chi connectivity index (χ2n) is 6.67. The smallest absolute Gasteiger partial charge is 0.122 e. The Balaban J connectivity index is 1.48. The summed E-state index contributed by atoms with van der Waals surface area (Å²) in [7, 11) is 0. The second kappa shape index (κ2) is 7.32. The maximum Gasteiger partial charge on any atom is 0.122 e. The van der Waals surface area contributed by atoms with Crippen molar-refractivity contribution >= 4 is 0 Å². The van der Waals surface area contributed by atoms with Gasteiger partial charge in [0.2, 0.25) is 0 Å². The van der Waals surface area contributed by atoms with Gasteiger partial charge in [-0.2, -0.15) is 0 Å². The Kier molecular flexibility index (Phi) is 4.76. The number of nitrogens with zero attached hydrogens (tertiary/aromatic N) is 2. The molecule has 0 radical (unpaired) electrons. The standard InChI is InChI=1S/C20H24N2O2/c1-2-9-21-18(4-1)14-22(15-19-5-3-10-23-19)13-16-6-7-20-17(12-16)8-11-24-20/h1-2,4,6-7,9,12,19H,3,5,8,10-11,13-15H2/t19-/m1/s1. The zero-order valence-corrected chi connectivity index (χ0v) is 14.0. The van der Waals surface area contributed by atoms with E-state index in [4.69, 9.17) is 9.47 Å². The Labute approximate surface area is 143 Å². The lowest BCUT2D eigenvalue weighted by Gasteiger charge is -2.25. The zero-order chi connectivity index (χ0) is 16.2. The van der Waals surface area contributed by atoms with Crippen LogP contribution >= 0.6 is 0 Å². The van der Waals surface area contributed by atoms with Crippen LogP contribution in [0.25, 0.3) is 0 Å². The molecule has 0 saturated carbocycles. The van der Waals surface area contributed by atoms with Gasteiger partial charge in [0, 0.05) is 38.9 Å². The molecule has 0 amide bonds. The van der Waals surface area contributed by atoms with E-state index in [9.17, 15) is 0 Å². The van der Waals surface area contributed by atoms with Gasteiger partial charge in [-0.1, -0.05) is 18.2 Å². The van der Waals surface area contributed by atoms with Crippen LogP contribution in [-0.4, -0.2) is 35.7 Å². The fraction of sp³-hybridized carbons (Fsp3) is 0.450. The topological polar surface area (TPSA) is 34.6 Å². The van der Waals surface area contributed by atoms with E-state index in [1.54, 1.807) is 0 Å². The minimum atomic E-state index is 0.353. The van der Waals surface area contributed by atoms with Gasteiger partial charge in [0.1, 0.15) is 5.75 Å². The average molecular weight is 324 g/mol. The van der Waals surface area contributed by atoms with E-state index in [-0.39, 0.29) is 0 Å². The molecule has 2 aromatic rings. The first-order chi connectivity index (χ1) is 11.9. The second-order valence-corrected chi connectivity index (χ2v) is 6.67. The molecule has 1 atom stereocenters. The predicted molar refractivity (Wildman–Crippen MR) is 93.0 cm³/mol. The van der Waals surface area contributed by atoms with Gasteiger partial charge in [0.15, 0.2) is 0 Å². The number of pyridine rings is 1. The van der Waals surface area contributed by atoms with Crippen LogP contribution in [0.2, 0.25) is 0 Å². The van der Waals surface area contributed by atoms with Crippen molar-refractivity contribution in [2.75, 3.05) is 19.8 Å². The molecule has 1 aromatic heterocycles. The summed E-state index contributed by atoms with van der Waals surface area (Å²) < 4.78 is 11.5. The highest BCUT2D eigenvalue weighted by Crippen LogP contribution is 2.27. The molecule has 3 heterocycles. The first-order valence-corrected chi connectivity index (χ1v) is 8.85. The predicted octanol–water partition coefficient (Wildman–Crippen LogP) is 3.20. The van der Waals surface area contributed by atoms with Gasteiger partial charge in [-0.3, -0.25) is 9.88 Å². The Morgan fingerprint density at radius 2 is 2.12 bits per heavy atom. The van der Waals surface area contributed by atoms with E-state index >= 15 is 0 Å². The molecule has 1 saturated heterocycles. The zero-order valence-electron chi connectivity index (χ0n) is 14.0. The number of hydrogen-bond acceptors (Lipinski definition) is 4. The Hall–Kier alpha value is -1.91. The molecule has 2 aliphatic heterocycles. The summed E-state index contributed by atoms with van der Waals surface area (Å²) in [5.74, 6) is 1.05. The molecular formula is C20H24N2O2. The van der Waals surface area contributed by atoms with Crippen LogP contribution < -0.4 is 4.74 Å². The van der Waals surface area contributed by atoms with Gasteiger partial charge in [-0.05, 0) is 42.2 Å². The minimum Gasteiger partial charge on any atom is -0.493 e. The molecular weight excluding hydrogens is 300 g/mol. The normalized spacial score (nSPS) is 19.5. The lowest BCUT2D eigenvalue weighted by Crippen LogP contribution is -2.31. The third kappa shape index (κ3) is 3.77. The molecule has 126 valence electrons. The number of hydrogen-bond donors (Lipinski definition) is 0. The molecule has 0 N–H and O–H groups in total. The summed E-state index contributed by atoms with van der Waals surface area (Å²) in [5.41, 5.74) is 3.79. The number of aromatic nitrogens is 1.